The highest BCUT2D eigenvalue weighted by Gasteiger charge is 2.12. The van der Waals surface area contributed by atoms with Gasteiger partial charge in [-0.1, -0.05) is 34.1 Å². The number of amides is 1. The van der Waals surface area contributed by atoms with E-state index >= 15 is 0 Å². The van der Waals surface area contributed by atoms with Gasteiger partial charge in [0.05, 0.1) is 6.54 Å². The van der Waals surface area contributed by atoms with E-state index in [1.54, 1.807) is 11.9 Å². The van der Waals surface area contributed by atoms with Gasteiger partial charge in [-0.3, -0.25) is 9.79 Å². The van der Waals surface area contributed by atoms with Gasteiger partial charge in [-0.15, -0.1) is 24.0 Å². The molecular weight excluding hydrogens is 471 g/mol. The Balaban J connectivity index is 0.00000484. The van der Waals surface area contributed by atoms with Crippen molar-refractivity contribution in [1.82, 2.24) is 10.2 Å². The van der Waals surface area contributed by atoms with Crippen LogP contribution in [0.2, 0.25) is 0 Å². The molecule has 0 radical (unpaired) electrons. The molecule has 0 fully saturated rings. The summed E-state index contributed by atoms with van der Waals surface area (Å²) in [5.41, 5.74) is 6.72. The van der Waals surface area contributed by atoms with Gasteiger partial charge in [-0.2, -0.15) is 0 Å². The van der Waals surface area contributed by atoms with E-state index in [4.69, 9.17) is 5.73 Å². The minimum Gasteiger partial charge on any atom is -0.370 e. The summed E-state index contributed by atoms with van der Waals surface area (Å²) in [7, 11) is 1.79. The fraction of sp³-hybridized carbons (Fsp3) is 0.500. The number of guanidine groups is 1. The molecule has 0 spiro atoms. The number of halogens is 2. The van der Waals surface area contributed by atoms with Crippen LogP contribution < -0.4 is 11.1 Å². The van der Waals surface area contributed by atoms with Crippen LogP contribution in [-0.4, -0.2) is 35.9 Å². The van der Waals surface area contributed by atoms with Gasteiger partial charge in [-0.05, 0) is 32.4 Å². The van der Waals surface area contributed by atoms with Crippen LogP contribution in [-0.2, 0) is 11.3 Å². The standard InChI is InChI=1S/C16H25BrN4O.HI/c1-16(2,3)20-15(18)19-10-9-14(22)21(4)11-12-7-5-6-8-13(12)17;/h5-8H,9-11H2,1-4H3,(H3,18,19,20);1H. The third-order valence-corrected chi connectivity index (χ3v) is 3.68. The van der Waals surface area contributed by atoms with Gasteiger partial charge < -0.3 is 16.0 Å². The lowest BCUT2D eigenvalue weighted by atomic mass is 10.1. The van der Waals surface area contributed by atoms with Crippen LogP contribution in [0.5, 0.6) is 0 Å². The first-order chi connectivity index (χ1) is 10.2. The molecule has 0 saturated heterocycles. The fourth-order valence-electron chi connectivity index (χ4n) is 1.86. The first-order valence-electron chi connectivity index (χ1n) is 7.24. The molecule has 0 aliphatic rings. The zero-order chi connectivity index (χ0) is 16.8. The van der Waals surface area contributed by atoms with Crippen LogP contribution in [0, 0.1) is 0 Å². The average molecular weight is 497 g/mol. The molecule has 5 nitrogen and oxygen atoms in total. The van der Waals surface area contributed by atoms with Crippen LogP contribution in [0.4, 0.5) is 0 Å². The molecule has 1 amide bonds. The largest absolute Gasteiger partial charge is 0.370 e. The van der Waals surface area contributed by atoms with Gasteiger partial charge in [-0.25, -0.2) is 0 Å². The van der Waals surface area contributed by atoms with E-state index < -0.39 is 0 Å². The molecule has 1 rings (SSSR count). The van der Waals surface area contributed by atoms with Crippen LogP contribution in [0.3, 0.4) is 0 Å². The predicted octanol–water partition coefficient (Wildman–Crippen LogP) is 3.12. The number of nitrogens with zero attached hydrogens (tertiary/aromatic N) is 2. The number of hydrogen-bond acceptors (Lipinski definition) is 2. The molecule has 0 unspecified atom stereocenters. The van der Waals surface area contributed by atoms with E-state index in [0.29, 0.717) is 25.5 Å². The van der Waals surface area contributed by atoms with Crippen molar-refractivity contribution in [3.05, 3.63) is 34.3 Å². The normalized spacial score (nSPS) is 11.6. The van der Waals surface area contributed by atoms with Crippen molar-refractivity contribution in [2.24, 2.45) is 10.7 Å². The lowest BCUT2D eigenvalue weighted by Crippen LogP contribution is -2.45. The Labute approximate surface area is 164 Å². The van der Waals surface area contributed by atoms with Crippen LogP contribution in [0.15, 0.2) is 33.7 Å². The van der Waals surface area contributed by atoms with Crippen molar-refractivity contribution in [2.45, 2.75) is 39.3 Å². The first-order valence-corrected chi connectivity index (χ1v) is 8.04. The number of rotatable bonds is 5. The third-order valence-electron chi connectivity index (χ3n) is 2.90. The highest BCUT2D eigenvalue weighted by Crippen LogP contribution is 2.17. The fourth-order valence-corrected chi connectivity index (χ4v) is 2.27. The Hall–Kier alpha value is -0.830. The highest BCUT2D eigenvalue weighted by molar-refractivity contribution is 14.0. The van der Waals surface area contributed by atoms with Crippen molar-refractivity contribution < 1.29 is 4.79 Å². The molecule has 0 aliphatic heterocycles. The van der Waals surface area contributed by atoms with E-state index in [1.165, 1.54) is 0 Å². The van der Waals surface area contributed by atoms with Gasteiger partial charge in [0.2, 0.25) is 5.91 Å². The maximum Gasteiger partial charge on any atom is 0.224 e. The van der Waals surface area contributed by atoms with Crippen LogP contribution >= 0.6 is 39.9 Å². The Kier molecular flexibility index (Phi) is 9.76. The number of hydrogen-bond donors (Lipinski definition) is 2. The molecule has 0 heterocycles. The molecule has 0 bridgehead atoms. The Morgan fingerprint density at radius 1 is 1.35 bits per heavy atom. The number of nitrogens with two attached hydrogens (primary N) is 1. The Morgan fingerprint density at radius 3 is 2.52 bits per heavy atom. The summed E-state index contributed by atoms with van der Waals surface area (Å²) in [5, 5.41) is 3.07. The number of benzene rings is 1. The predicted molar refractivity (Wildman–Crippen MR) is 110 cm³/mol. The van der Waals surface area contributed by atoms with Gasteiger partial charge in [0, 0.05) is 30.0 Å². The van der Waals surface area contributed by atoms with Gasteiger partial charge in [0.15, 0.2) is 5.96 Å². The second-order valence-corrected chi connectivity index (χ2v) is 7.09. The SMILES string of the molecule is CN(Cc1ccccc1Br)C(=O)CCN=C(N)NC(C)(C)C.I. The molecule has 0 saturated carbocycles. The number of carbonyl (C=O) groups excluding carboxylic acids is 1. The highest BCUT2D eigenvalue weighted by atomic mass is 127. The van der Waals surface area contributed by atoms with Gasteiger partial charge in [0.25, 0.3) is 0 Å². The molecule has 1 aromatic rings. The van der Waals surface area contributed by atoms with Gasteiger partial charge >= 0.3 is 0 Å². The summed E-state index contributed by atoms with van der Waals surface area (Å²) < 4.78 is 1.01. The monoisotopic (exact) mass is 496 g/mol. The van der Waals surface area contributed by atoms with Crippen LogP contribution in [0.1, 0.15) is 32.8 Å². The van der Waals surface area contributed by atoms with Crippen molar-refractivity contribution >= 4 is 51.8 Å². The number of nitrogens with one attached hydrogen (secondary N) is 1. The molecule has 3 N–H and O–H groups in total. The zero-order valence-corrected chi connectivity index (χ0v) is 18.0. The van der Waals surface area contributed by atoms with Crippen LogP contribution in [0.25, 0.3) is 0 Å². The second kappa shape index (κ2) is 10.1. The summed E-state index contributed by atoms with van der Waals surface area (Å²) >= 11 is 3.49. The lowest BCUT2D eigenvalue weighted by Gasteiger charge is -2.21. The minimum atomic E-state index is -0.131. The van der Waals surface area contributed by atoms with Gasteiger partial charge in [0.1, 0.15) is 0 Å². The quantitative estimate of drug-likeness (QED) is 0.373. The lowest BCUT2D eigenvalue weighted by molar-refractivity contribution is -0.130. The first kappa shape index (κ1) is 22.2. The minimum absolute atomic E-state index is 0. The second-order valence-electron chi connectivity index (χ2n) is 6.23. The van der Waals surface area contributed by atoms with E-state index in [2.05, 4.69) is 26.2 Å². The molecule has 23 heavy (non-hydrogen) atoms. The third kappa shape index (κ3) is 9.14. The average Bonchev–Trinajstić information content (AvgIpc) is 2.39. The molecular formula is C16H26BrIN4O. The van der Waals surface area contributed by atoms with Crippen molar-refractivity contribution in [1.29, 1.82) is 0 Å². The molecule has 0 atom stereocenters. The summed E-state index contributed by atoms with van der Waals surface area (Å²) in [5.74, 6) is 0.414. The van der Waals surface area contributed by atoms with E-state index in [-0.39, 0.29) is 35.4 Å². The maximum atomic E-state index is 12.1. The molecule has 130 valence electrons. The Bertz CT molecular complexity index is 543. The smallest absolute Gasteiger partial charge is 0.224 e. The zero-order valence-electron chi connectivity index (χ0n) is 14.1. The number of carbonyl (C=O) groups is 1. The van der Waals surface area contributed by atoms with Crippen molar-refractivity contribution in [2.75, 3.05) is 13.6 Å². The summed E-state index contributed by atoms with van der Waals surface area (Å²) in [6, 6.07) is 7.88. The summed E-state index contributed by atoms with van der Waals surface area (Å²) in [4.78, 5) is 18.0. The molecule has 7 heteroatoms. The molecule has 1 aromatic carbocycles. The topological polar surface area (TPSA) is 70.7 Å². The summed E-state index contributed by atoms with van der Waals surface area (Å²) in [6.45, 7) is 6.97. The number of aliphatic imine (C=N–C) groups is 1. The van der Waals surface area contributed by atoms with E-state index in [1.807, 2.05) is 45.0 Å². The van der Waals surface area contributed by atoms with Crippen molar-refractivity contribution in [3.63, 3.8) is 0 Å². The van der Waals surface area contributed by atoms with E-state index in [9.17, 15) is 4.79 Å². The van der Waals surface area contributed by atoms with E-state index in [0.717, 1.165) is 10.0 Å². The maximum absolute atomic E-state index is 12.1. The molecule has 0 aromatic heterocycles. The van der Waals surface area contributed by atoms with Crippen molar-refractivity contribution in [3.8, 4) is 0 Å². The summed E-state index contributed by atoms with van der Waals surface area (Å²) in [6.07, 6.45) is 0.341. The molecule has 0 aliphatic carbocycles. The Morgan fingerprint density at radius 2 is 1.96 bits per heavy atom.